The second kappa shape index (κ2) is 6.82. The minimum Gasteiger partial charge on any atom is -0.267 e. The Morgan fingerprint density at radius 2 is 2.10 bits per heavy atom. The van der Waals surface area contributed by atoms with Crippen LogP contribution in [-0.4, -0.2) is 17.1 Å². The first-order valence-corrected chi connectivity index (χ1v) is 6.61. The number of halogens is 1. The second-order valence-electron chi connectivity index (χ2n) is 4.14. The van der Waals surface area contributed by atoms with Gasteiger partial charge in [-0.05, 0) is 29.7 Å². The van der Waals surface area contributed by atoms with Crippen molar-refractivity contribution in [3.8, 4) is 0 Å². The molecule has 0 bridgehead atoms. The average Bonchev–Trinajstić information content (AvgIpc) is 2.48. The number of pyridine rings is 1. The third-order valence-corrected chi connectivity index (χ3v) is 3.07. The molecule has 0 aliphatic carbocycles. The average molecular weight is 288 g/mol. The van der Waals surface area contributed by atoms with Gasteiger partial charge in [-0.1, -0.05) is 42.8 Å². The van der Waals surface area contributed by atoms with Crippen molar-refractivity contribution in [1.82, 2.24) is 10.4 Å². The van der Waals surface area contributed by atoms with E-state index in [1.54, 1.807) is 18.3 Å². The highest BCUT2D eigenvalue weighted by Crippen LogP contribution is 2.10. The van der Waals surface area contributed by atoms with Crippen molar-refractivity contribution in [2.75, 3.05) is 0 Å². The highest BCUT2D eigenvalue weighted by Gasteiger charge is 2.08. The zero-order valence-corrected chi connectivity index (χ0v) is 11.8. The number of hydrogen-bond acceptors (Lipinski definition) is 3. The standard InChI is InChI=1S/C15H14ClN3O/c1-2-11-5-7-12(8-6-11)10-18-19-15(20)13-4-3-9-17-14(13)16/h3-10H,2H2,1H3,(H,19,20). The molecule has 0 spiro atoms. The Bertz CT molecular complexity index is 623. The van der Waals surface area contributed by atoms with Gasteiger partial charge in [-0.3, -0.25) is 4.79 Å². The molecule has 0 atom stereocenters. The van der Waals surface area contributed by atoms with Crippen molar-refractivity contribution in [3.63, 3.8) is 0 Å². The summed E-state index contributed by atoms with van der Waals surface area (Å²) in [5.41, 5.74) is 4.90. The molecule has 2 aromatic rings. The number of carbonyl (C=O) groups is 1. The second-order valence-corrected chi connectivity index (χ2v) is 4.49. The molecule has 2 rings (SSSR count). The van der Waals surface area contributed by atoms with E-state index in [1.807, 2.05) is 24.3 Å². The van der Waals surface area contributed by atoms with Crippen LogP contribution in [0.4, 0.5) is 0 Å². The molecule has 1 aromatic carbocycles. The summed E-state index contributed by atoms with van der Waals surface area (Å²) in [6.45, 7) is 2.10. The summed E-state index contributed by atoms with van der Waals surface area (Å²) in [5, 5.41) is 4.06. The lowest BCUT2D eigenvalue weighted by Gasteiger charge is -2.01. The predicted molar refractivity (Wildman–Crippen MR) is 80.1 cm³/mol. The van der Waals surface area contributed by atoms with E-state index >= 15 is 0 Å². The Kier molecular flexibility index (Phi) is 4.85. The van der Waals surface area contributed by atoms with E-state index in [2.05, 4.69) is 22.4 Å². The smallest absolute Gasteiger partial charge is 0.267 e. The van der Waals surface area contributed by atoms with Crippen molar-refractivity contribution >= 4 is 23.7 Å². The van der Waals surface area contributed by atoms with Crippen LogP contribution < -0.4 is 5.43 Å². The summed E-state index contributed by atoms with van der Waals surface area (Å²) < 4.78 is 0. The number of rotatable bonds is 4. The first-order chi connectivity index (χ1) is 9.70. The minimum absolute atomic E-state index is 0.160. The lowest BCUT2D eigenvalue weighted by Crippen LogP contribution is -2.18. The quantitative estimate of drug-likeness (QED) is 0.534. The van der Waals surface area contributed by atoms with Crippen molar-refractivity contribution in [3.05, 3.63) is 64.4 Å². The van der Waals surface area contributed by atoms with Crippen molar-refractivity contribution in [2.45, 2.75) is 13.3 Å². The lowest BCUT2D eigenvalue weighted by atomic mass is 10.1. The molecule has 0 aliphatic rings. The summed E-state index contributed by atoms with van der Waals surface area (Å²) in [5.74, 6) is -0.385. The maximum absolute atomic E-state index is 11.8. The number of benzene rings is 1. The van der Waals surface area contributed by atoms with Gasteiger partial charge < -0.3 is 0 Å². The number of nitrogens with one attached hydrogen (secondary N) is 1. The van der Waals surface area contributed by atoms with Gasteiger partial charge in [-0.2, -0.15) is 5.10 Å². The summed E-state index contributed by atoms with van der Waals surface area (Å²) in [7, 11) is 0. The van der Waals surface area contributed by atoms with Crippen LogP contribution in [-0.2, 0) is 6.42 Å². The van der Waals surface area contributed by atoms with Gasteiger partial charge in [0.2, 0.25) is 0 Å². The van der Waals surface area contributed by atoms with Crippen LogP contribution in [0.2, 0.25) is 5.15 Å². The molecule has 20 heavy (non-hydrogen) atoms. The third-order valence-electron chi connectivity index (χ3n) is 2.77. The van der Waals surface area contributed by atoms with Gasteiger partial charge in [-0.25, -0.2) is 10.4 Å². The van der Waals surface area contributed by atoms with Gasteiger partial charge in [0, 0.05) is 6.20 Å². The van der Waals surface area contributed by atoms with E-state index in [0.717, 1.165) is 12.0 Å². The number of aromatic nitrogens is 1. The molecule has 1 amide bonds. The van der Waals surface area contributed by atoms with Gasteiger partial charge in [0.15, 0.2) is 0 Å². The van der Waals surface area contributed by atoms with E-state index in [0.29, 0.717) is 5.56 Å². The van der Waals surface area contributed by atoms with Crippen molar-refractivity contribution in [1.29, 1.82) is 0 Å². The topological polar surface area (TPSA) is 54.4 Å². The number of nitrogens with zero attached hydrogens (tertiary/aromatic N) is 2. The molecular weight excluding hydrogens is 274 g/mol. The number of amides is 1. The number of carbonyl (C=O) groups excluding carboxylic acids is 1. The van der Waals surface area contributed by atoms with Crippen LogP contribution in [0.3, 0.4) is 0 Å². The Morgan fingerprint density at radius 1 is 1.35 bits per heavy atom. The normalized spacial score (nSPS) is 10.7. The predicted octanol–water partition coefficient (Wildman–Crippen LogP) is 3.06. The number of hydrazone groups is 1. The SMILES string of the molecule is CCc1ccc(C=NNC(=O)c2cccnc2Cl)cc1. The minimum atomic E-state index is -0.385. The summed E-state index contributed by atoms with van der Waals surface area (Å²) in [4.78, 5) is 15.6. The maximum atomic E-state index is 11.8. The maximum Gasteiger partial charge on any atom is 0.274 e. The third kappa shape index (κ3) is 3.65. The molecule has 1 N–H and O–H groups in total. The largest absolute Gasteiger partial charge is 0.274 e. The fourth-order valence-electron chi connectivity index (χ4n) is 1.62. The van der Waals surface area contributed by atoms with Crippen LogP contribution in [0.25, 0.3) is 0 Å². The van der Waals surface area contributed by atoms with Gasteiger partial charge in [0.05, 0.1) is 11.8 Å². The van der Waals surface area contributed by atoms with Gasteiger partial charge >= 0.3 is 0 Å². The molecule has 0 unspecified atom stereocenters. The van der Waals surface area contributed by atoms with Crippen LogP contribution >= 0.6 is 11.6 Å². The molecule has 0 saturated carbocycles. The molecule has 5 heteroatoms. The molecule has 1 aromatic heterocycles. The highest BCUT2D eigenvalue weighted by molar-refractivity contribution is 6.32. The Labute approximate surface area is 122 Å². The Morgan fingerprint density at radius 3 is 2.75 bits per heavy atom. The summed E-state index contributed by atoms with van der Waals surface area (Å²) in [6.07, 6.45) is 4.10. The molecule has 0 radical (unpaired) electrons. The molecule has 4 nitrogen and oxygen atoms in total. The Hall–Kier alpha value is -2.20. The van der Waals surface area contributed by atoms with Crippen molar-refractivity contribution < 1.29 is 4.79 Å². The molecular formula is C15H14ClN3O. The molecule has 0 aliphatic heterocycles. The highest BCUT2D eigenvalue weighted by atomic mass is 35.5. The number of aryl methyl sites for hydroxylation is 1. The van der Waals surface area contributed by atoms with E-state index in [9.17, 15) is 4.79 Å². The van der Waals surface area contributed by atoms with Crippen LogP contribution in [0.5, 0.6) is 0 Å². The molecule has 102 valence electrons. The van der Waals surface area contributed by atoms with Gasteiger partial charge in [0.25, 0.3) is 5.91 Å². The van der Waals surface area contributed by atoms with E-state index in [1.165, 1.54) is 11.8 Å². The first kappa shape index (κ1) is 14.2. The van der Waals surface area contributed by atoms with Gasteiger partial charge in [0.1, 0.15) is 5.15 Å². The molecule has 1 heterocycles. The zero-order chi connectivity index (χ0) is 14.4. The zero-order valence-electron chi connectivity index (χ0n) is 11.0. The van der Waals surface area contributed by atoms with Crippen molar-refractivity contribution in [2.24, 2.45) is 5.10 Å². The molecule has 0 fully saturated rings. The van der Waals surface area contributed by atoms with E-state index < -0.39 is 0 Å². The fraction of sp³-hybridized carbons (Fsp3) is 0.133. The monoisotopic (exact) mass is 287 g/mol. The van der Waals surface area contributed by atoms with E-state index in [4.69, 9.17) is 11.6 Å². The molecule has 0 saturated heterocycles. The van der Waals surface area contributed by atoms with E-state index in [-0.39, 0.29) is 11.1 Å². The van der Waals surface area contributed by atoms with Crippen LogP contribution in [0.15, 0.2) is 47.7 Å². The summed E-state index contributed by atoms with van der Waals surface area (Å²) in [6, 6.07) is 11.2. The Balaban J connectivity index is 1.99. The lowest BCUT2D eigenvalue weighted by molar-refractivity contribution is 0.0955. The fourth-order valence-corrected chi connectivity index (χ4v) is 1.83. The first-order valence-electron chi connectivity index (χ1n) is 6.23. The number of hydrogen-bond donors (Lipinski definition) is 1. The van der Waals surface area contributed by atoms with Crippen LogP contribution in [0.1, 0.15) is 28.4 Å². The van der Waals surface area contributed by atoms with Gasteiger partial charge in [-0.15, -0.1) is 0 Å². The van der Waals surface area contributed by atoms with Crippen LogP contribution in [0, 0.1) is 0 Å². The summed E-state index contributed by atoms with van der Waals surface area (Å²) >= 11 is 5.82.